The highest BCUT2D eigenvalue weighted by Crippen LogP contribution is 2.31. The van der Waals surface area contributed by atoms with Crippen LogP contribution in [-0.4, -0.2) is 15.2 Å². The van der Waals surface area contributed by atoms with Crippen LogP contribution in [-0.2, 0) is 0 Å². The summed E-state index contributed by atoms with van der Waals surface area (Å²) < 4.78 is 26.3. The van der Waals surface area contributed by atoms with Crippen LogP contribution in [0.1, 0.15) is 32.4 Å². The van der Waals surface area contributed by atoms with Gasteiger partial charge in [0, 0.05) is 23.4 Å². The Morgan fingerprint density at radius 1 is 0.867 bits per heavy atom. The summed E-state index contributed by atoms with van der Waals surface area (Å²) in [5.74, 6) is 0.153. The largest absolute Gasteiger partial charge is 0.364 e. The van der Waals surface area contributed by atoms with Crippen molar-refractivity contribution in [2.45, 2.75) is 26.8 Å². The minimum atomic E-state index is -0.282. The van der Waals surface area contributed by atoms with Gasteiger partial charge in [0.05, 0.1) is 11.9 Å². The molecule has 0 fully saturated rings. The highest BCUT2D eigenvalue weighted by molar-refractivity contribution is 5.81. The molecule has 0 amide bonds. The fraction of sp³-hybridized carbons (Fsp3) is 0.167. The number of halogens is 2. The van der Waals surface area contributed by atoms with Crippen molar-refractivity contribution in [2.75, 3.05) is 5.32 Å². The molecule has 2 aromatic carbocycles. The second-order valence-electron chi connectivity index (χ2n) is 6.51. The second-order valence-corrected chi connectivity index (χ2v) is 6.51. The van der Waals surface area contributed by atoms with Gasteiger partial charge in [-0.15, -0.1) is 0 Å². The van der Waals surface area contributed by atoms with E-state index < -0.39 is 0 Å². The molecule has 0 aliphatic heterocycles. The first-order valence-electron chi connectivity index (χ1n) is 9.88. The van der Waals surface area contributed by atoms with E-state index in [1.807, 2.05) is 32.9 Å². The van der Waals surface area contributed by atoms with E-state index in [-0.39, 0.29) is 17.7 Å². The number of H-pyrrole nitrogens is 1. The van der Waals surface area contributed by atoms with E-state index in [0.717, 1.165) is 27.9 Å². The van der Waals surface area contributed by atoms with Crippen LogP contribution in [0.15, 0.2) is 73.1 Å². The molecule has 2 aromatic heterocycles. The summed E-state index contributed by atoms with van der Waals surface area (Å²) in [5, 5.41) is 10.5. The van der Waals surface area contributed by atoms with Crippen molar-refractivity contribution >= 4 is 5.82 Å². The maximum Gasteiger partial charge on any atom is 0.126 e. The summed E-state index contributed by atoms with van der Waals surface area (Å²) in [6, 6.07) is 16.4. The molecular weight excluding hydrogens is 382 g/mol. The predicted octanol–water partition coefficient (Wildman–Crippen LogP) is 6.62. The predicted molar refractivity (Wildman–Crippen MR) is 117 cm³/mol. The second kappa shape index (κ2) is 9.78. The Labute approximate surface area is 175 Å². The number of hydrogen-bond donors (Lipinski definition) is 2. The summed E-state index contributed by atoms with van der Waals surface area (Å²) in [7, 11) is 0. The van der Waals surface area contributed by atoms with E-state index in [0.29, 0.717) is 5.82 Å². The molecule has 1 unspecified atom stereocenters. The Bertz CT molecular complexity index is 1070. The van der Waals surface area contributed by atoms with E-state index in [1.165, 1.54) is 24.3 Å². The molecular formula is C24H24F2N4. The van der Waals surface area contributed by atoms with Crippen molar-refractivity contribution in [1.82, 2.24) is 15.2 Å². The number of anilines is 1. The van der Waals surface area contributed by atoms with Gasteiger partial charge in [0.25, 0.3) is 0 Å². The van der Waals surface area contributed by atoms with E-state index in [1.54, 1.807) is 36.7 Å². The molecule has 4 rings (SSSR count). The summed E-state index contributed by atoms with van der Waals surface area (Å²) in [6.07, 6.45) is 3.46. The third kappa shape index (κ3) is 4.89. The molecule has 154 valence electrons. The zero-order chi connectivity index (χ0) is 21.5. The van der Waals surface area contributed by atoms with Crippen LogP contribution < -0.4 is 5.32 Å². The molecule has 0 saturated heterocycles. The number of hydrogen-bond acceptors (Lipinski definition) is 3. The van der Waals surface area contributed by atoms with Crippen LogP contribution in [0, 0.1) is 11.6 Å². The van der Waals surface area contributed by atoms with Gasteiger partial charge < -0.3 is 5.32 Å². The smallest absolute Gasteiger partial charge is 0.126 e. The van der Waals surface area contributed by atoms with E-state index >= 15 is 0 Å². The van der Waals surface area contributed by atoms with Gasteiger partial charge in [0.15, 0.2) is 0 Å². The van der Waals surface area contributed by atoms with Gasteiger partial charge in [-0.1, -0.05) is 26.0 Å². The van der Waals surface area contributed by atoms with E-state index in [2.05, 4.69) is 20.5 Å². The first-order valence-corrected chi connectivity index (χ1v) is 9.88. The van der Waals surface area contributed by atoms with Crippen LogP contribution in [0.3, 0.4) is 0 Å². The average molecular weight is 406 g/mol. The normalized spacial score (nSPS) is 11.4. The number of nitrogens with one attached hydrogen (secondary N) is 2. The van der Waals surface area contributed by atoms with Crippen molar-refractivity contribution in [3.05, 3.63) is 90.3 Å². The quantitative estimate of drug-likeness (QED) is 0.392. The molecule has 0 spiro atoms. The van der Waals surface area contributed by atoms with Gasteiger partial charge in [-0.05, 0) is 66.6 Å². The minimum Gasteiger partial charge on any atom is -0.364 e. The number of nitrogens with zero attached hydrogens (tertiary/aromatic N) is 2. The Balaban J connectivity index is 0.00000124. The molecule has 4 nitrogen and oxygen atoms in total. The van der Waals surface area contributed by atoms with Crippen LogP contribution in [0.5, 0.6) is 0 Å². The fourth-order valence-corrected chi connectivity index (χ4v) is 3.08. The van der Waals surface area contributed by atoms with Gasteiger partial charge in [-0.25, -0.2) is 13.8 Å². The lowest BCUT2D eigenvalue weighted by molar-refractivity contribution is 0.626. The van der Waals surface area contributed by atoms with Crippen molar-refractivity contribution in [2.24, 2.45) is 0 Å². The molecule has 0 aliphatic carbocycles. The van der Waals surface area contributed by atoms with Gasteiger partial charge in [-0.2, -0.15) is 5.10 Å². The van der Waals surface area contributed by atoms with Gasteiger partial charge >= 0.3 is 0 Å². The minimum absolute atomic E-state index is 0.0377. The topological polar surface area (TPSA) is 53.6 Å². The molecule has 0 aliphatic rings. The Morgan fingerprint density at radius 2 is 1.50 bits per heavy atom. The lowest BCUT2D eigenvalue weighted by atomic mass is 10.0. The zero-order valence-corrected chi connectivity index (χ0v) is 17.2. The first-order chi connectivity index (χ1) is 14.6. The van der Waals surface area contributed by atoms with E-state index in [9.17, 15) is 8.78 Å². The monoisotopic (exact) mass is 406 g/mol. The number of pyridine rings is 1. The summed E-state index contributed by atoms with van der Waals surface area (Å²) >= 11 is 0. The SMILES string of the molecule is CC.CC(Nc1cc(-c2cn[nH]c2-c2ccc(F)cc2)ccn1)c1ccc(F)cc1. The molecule has 2 heterocycles. The molecule has 0 bridgehead atoms. The van der Waals surface area contributed by atoms with Crippen LogP contribution in [0.25, 0.3) is 22.4 Å². The van der Waals surface area contributed by atoms with Crippen molar-refractivity contribution in [3.8, 4) is 22.4 Å². The average Bonchev–Trinajstić information content (AvgIpc) is 3.26. The maximum absolute atomic E-state index is 13.2. The molecule has 1 atom stereocenters. The third-order valence-electron chi connectivity index (χ3n) is 4.58. The van der Waals surface area contributed by atoms with Crippen LogP contribution >= 0.6 is 0 Å². The van der Waals surface area contributed by atoms with Crippen molar-refractivity contribution < 1.29 is 8.78 Å². The molecule has 30 heavy (non-hydrogen) atoms. The summed E-state index contributed by atoms with van der Waals surface area (Å²) in [5.41, 5.74) is 4.44. The Morgan fingerprint density at radius 3 is 2.17 bits per heavy atom. The van der Waals surface area contributed by atoms with Crippen molar-refractivity contribution in [1.29, 1.82) is 0 Å². The highest BCUT2D eigenvalue weighted by Gasteiger charge is 2.12. The maximum atomic E-state index is 13.2. The standard InChI is InChI=1S/C22H18F2N4.C2H6/c1-14(15-2-6-18(23)7-3-15)27-21-12-17(10-11-25-21)20-13-26-28-22(20)16-4-8-19(24)9-5-16;1-2/h2-14H,1H3,(H,25,27)(H,26,28);1-2H3. The Hall–Kier alpha value is -3.54. The first kappa shape index (κ1) is 21.2. The van der Waals surface area contributed by atoms with Crippen LogP contribution in [0.4, 0.5) is 14.6 Å². The number of rotatable bonds is 5. The van der Waals surface area contributed by atoms with Gasteiger partial charge in [-0.3, -0.25) is 5.10 Å². The number of aromatic nitrogens is 3. The zero-order valence-electron chi connectivity index (χ0n) is 17.2. The molecule has 6 heteroatoms. The molecule has 0 saturated carbocycles. The van der Waals surface area contributed by atoms with Gasteiger partial charge in [0.2, 0.25) is 0 Å². The van der Waals surface area contributed by atoms with Gasteiger partial charge in [0.1, 0.15) is 17.5 Å². The summed E-state index contributed by atoms with van der Waals surface area (Å²) in [4.78, 5) is 4.38. The lowest BCUT2D eigenvalue weighted by Gasteiger charge is -2.15. The third-order valence-corrected chi connectivity index (χ3v) is 4.58. The fourth-order valence-electron chi connectivity index (χ4n) is 3.08. The van der Waals surface area contributed by atoms with Crippen molar-refractivity contribution in [3.63, 3.8) is 0 Å². The number of benzene rings is 2. The number of aromatic amines is 1. The van der Waals surface area contributed by atoms with Crippen LogP contribution in [0.2, 0.25) is 0 Å². The lowest BCUT2D eigenvalue weighted by Crippen LogP contribution is -2.07. The Kier molecular flexibility index (Phi) is 6.91. The van der Waals surface area contributed by atoms with E-state index in [4.69, 9.17) is 0 Å². The summed E-state index contributed by atoms with van der Waals surface area (Å²) in [6.45, 7) is 5.99. The highest BCUT2D eigenvalue weighted by atomic mass is 19.1. The molecule has 2 N–H and O–H groups in total. The molecule has 0 radical (unpaired) electrons. The molecule has 4 aromatic rings.